The summed E-state index contributed by atoms with van der Waals surface area (Å²) >= 11 is 0. The van der Waals surface area contributed by atoms with Gasteiger partial charge in [-0.2, -0.15) is 0 Å². The lowest BCUT2D eigenvalue weighted by Crippen LogP contribution is -2.19. The van der Waals surface area contributed by atoms with Crippen molar-refractivity contribution in [3.8, 4) is 0 Å². The van der Waals surface area contributed by atoms with Crippen LogP contribution in [0.5, 0.6) is 0 Å². The Morgan fingerprint density at radius 1 is 1.20 bits per heavy atom. The van der Waals surface area contributed by atoms with E-state index in [4.69, 9.17) is 0 Å². The van der Waals surface area contributed by atoms with E-state index in [1.807, 2.05) is 0 Å². The van der Waals surface area contributed by atoms with Gasteiger partial charge in [0.15, 0.2) is 0 Å². The molecular weight excluding hydrogens is 182 g/mol. The number of aryl methyl sites for hydroxylation is 2. The summed E-state index contributed by atoms with van der Waals surface area (Å²) in [5, 5.41) is 3.60. The lowest BCUT2D eigenvalue weighted by atomic mass is 9.95. The molecule has 0 spiro atoms. The Bertz CT molecular complexity index is 368. The third kappa shape index (κ3) is 1.69. The molecule has 82 valence electrons. The molecule has 1 aliphatic carbocycles. The molecule has 1 N–H and O–H groups in total. The number of hydrogen-bond donors (Lipinski definition) is 1. The first-order valence-corrected chi connectivity index (χ1v) is 5.98. The number of hydrogen-bond acceptors (Lipinski definition) is 1. The molecule has 2 rings (SSSR count). The van der Waals surface area contributed by atoms with Crippen molar-refractivity contribution in [2.24, 2.45) is 0 Å². The maximum atomic E-state index is 3.60. The predicted octanol–water partition coefficient (Wildman–Crippen LogP) is 3.46. The Labute approximate surface area is 92.9 Å². The van der Waals surface area contributed by atoms with E-state index in [1.54, 1.807) is 11.1 Å². The van der Waals surface area contributed by atoms with Crippen LogP contribution in [0.4, 0.5) is 0 Å². The monoisotopic (exact) mass is 203 g/mol. The van der Waals surface area contributed by atoms with Crippen molar-refractivity contribution in [2.45, 2.75) is 46.1 Å². The maximum absolute atomic E-state index is 3.60. The van der Waals surface area contributed by atoms with Gasteiger partial charge in [-0.15, -0.1) is 0 Å². The van der Waals surface area contributed by atoms with Gasteiger partial charge < -0.3 is 5.32 Å². The first kappa shape index (κ1) is 10.7. The highest BCUT2D eigenvalue weighted by Crippen LogP contribution is 2.43. The quantitative estimate of drug-likeness (QED) is 0.776. The standard InChI is InChI=1S/C14H21N/c1-5-15-12-8-11(4)13-9(2)6-7-10(3)14(12)13/h6-7,11-12,15H,5,8H2,1-4H3. The SMILES string of the molecule is CCNC1CC(C)c2c(C)ccc(C)c21. The normalized spacial score (nSPS) is 24.3. The van der Waals surface area contributed by atoms with E-state index in [-0.39, 0.29) is 0 Å². The second-order valence-electron chi connectivity index (χ2n) is 4.77. The average molecular weight is 203 g/mol. The first-order chi connectivity index (χ1) is 7.15. The molecule has 15 heavy (non-hydrogen) atoms. The topological polar surface area (TPSA) is 12.0 Å². The van der Waals surface area contributed by atoms with Crippen molar-refractivity contribution in [3.05, 3.63) is 34.4 Å². The largest absolute Gasteiger partial charge is 0.310 e. The minimum atomic E-state index is 0.583. The van der Waals surface area contributed by atoms with Crippen LogP contribution < -0.4 is 5.32 Å². The van der Waals surface area contributed by atoms with Gasteiger partial charge in [0.2, 0.25) is 0 Å². The minimum absolute atomic E-state index is 0.583. The van der Waals surface area contributed by atoms with Gasteiger partial charge in [0, 0.05) is 6.04 Å². The van der Waals surface area contributed by atoms with Crippen LogP contribution in [-0.2, 0) is 0 Å². The second kappa shape index (κ2) is 3.97. The zero-order valence-electron chi connectivity index (χ0n) is 10.2. The molecule has 0 amide bonds. The van der Waals surface area contributed by atoms with Crippen molar-refractivity contribution >= 4 is 0 Å². The van der Waals surface area contributed by atoms with Crippen molar-refractivity contribution in [2.75, 3.05) is 6.54 Å². The highest BCUT2D eigenvalue weighted by molar-refractivity contribution is 5.47. The fourth-order valence-corrected chi connectivity index (χ4v) is 2.99. The van der Waals surface area contributed by atoms with Gasteiger partial charge in [0.25, 0.3) is 0 Å². The van der Waals surface area contributed by atoms with Crippen LogP contribution in [0.25, 0.3) is 0 Å². The molecule has 1 heteroatoms. The smallest absolute Gasteiger partial charge is 0.0331 e. The van der Waals surface area contributed by atoms with Crippen LogP contribution in [-0.4, -0.2) is 6.54 Å². The van der Waals surface area contributed by atoms with E-state index in [2.05, 4.69) is 45.1 Å². The molecule has 0 saturated carbocycles. The summed E-state index contributed by atoms with van der Waals surface area (Å²) in [6, 6.07) is 5.11. The summed E-state index contributed by atoms with van der Waals surface area (Å²) < 4.78 is 0. The zero-order valence-corrected chi connectivity index (χ0v) is 10.2. The number of benzene rings is 1. The molecule has 1 aromatic rings. The second-order valence-corrected chi connectivity index (χ2v) is 4.77. The number of rotatable bonds is 2. The third-order valence-electron chi connectivity index (χ3n) is 3.60. The van der Waals surface area contributed by atoms with E-state index in [1.165, 1.54) is 17.5 Å². The van der Waals surface area contributed by atoms with Crippen LogP contribution in [0.3, 0.4) is 0 Å². The summed E-state index contributed by atoms with van der Waals surface area (Å²) in [6.45, 7) is 10.1. The first-order valence-electron chi connectivity index (χ1n) is 5.98. The fraction of sp³-hybridized carbons (Fsp3) is 0.571. The Morgan fingerprint density at radius 2 is 1.80 bits per heavy atom. The molecule has 0 heterocycles. The van der Waals surface area contributed by atoms with Crippen LogP contribution in [0.1, 0.15) is 54.5 Å². The third-order valence-corrected chi connectivity index (χ3v) is 3.60. The van der Waals surface area contributed by atoms with Crippen LogP contribution in [0.15, 0.2) is 12.1 Å². The van der Waals surface area contributed by atoms with Crippen molar-refractivity contribution in [3.63, 3.8) is 0 Å². The average Bonchev–Trinajstić information content (AvgIpc) is 2.51. The molecule has 0 aliphatic heterocycles. The molecule has 2 atom stereocenters. The predicted molar refractivity (Wildman–Crippen MR) is 65.4 cm³/mol. The molecular formula is C14H21N. The maximum Gasteiger partial charge on any atom is 0.0331 e. The van der Waals surface area contributed by atoms with Crippen molar-refractivity contribution in [1.82, 2.24) is 5.32 Å². The van der Waals surface area contributed by atoms with Crippen LogP contribution in [0, 0.1) is 13.8 Å². The Kier molecular flexibility index (Phi) is 2.83. The molecule has 0 aromatic heterocycles. The highest BCUT2D eigenvalue weighted by atomic mass is 14.9. The van der Waals surface area contributed by atoms with Crippen LogP contribution >= 0.6 is 0 Å². The molecule has 1 aromatic carbocycles. The van der Waals surface area contributed by atoms with E-state index in [9.17, 15) is 0 Å². The Balaban J connectivity index is 2.49. The van der Waals surface area contributed by atoms with Crippen molar-refractivity contribution < 1.29 is 0 Å². The van der Waals surface area contributed by atoms with Gasteiger partial charge in [-0.25, -0.2) is 0 Å². The van der Waals surface area contributed by atoms with Gasteiger partial charge in [0.1, 0.15) is 0 Å². The van der Waals surface area contributed by atoms with Gasteiger partial charge in [0.05, 0.1) is 0 Å². The van der Waals surface area contributed by atoms with E-state index in [0.29, 0.717) is 12.0 Å². The zero-order chi connectivity index (χ0) is 11.0. The van der Waals surface area contributed by atoms with E-state index in [0.717, 1.165) is 6.54 Å². The lowest BCUT2D eigenvalue weighted by molar-refractivity contribution is 0.519. The molecule has 0 fully saturated rings. The molecule has 1 aliphatic rings. The Hall–Kier alpha value is -0.820. The van der Waals surface area contributed by atoms with Gasteiger partial charge in [-0.05, 0) is 55.0 Å². The molecule has 2 unspecified atom stereocenters. The summed E-state index contributed by atoms with van der Waals surface area (Å²) in [4.78, 5) is 0. The number of fused-ring (bicyclic) bond motifs is 1. The highest BCUT2D eigenvalue weighted by Gasteiger charge is 2.29. The van der Waals surface area contributed by atoms with Gasteiger partial charge in [-0.3, -0.25) is 0 Å². The summed E-state index contributed by atoms with van der Waals surface area (Å²) in [5.74, 6) is 0.712. The summed E-state index contributed by atoms with van der Waals surface area (Å²) in [6.07, 6.45) is 1.26. The molecule has 0 bridgehead atoms. The van der Waals surface area contributed by atoms with E-state index >= 15 is 0 Å². The summed E-state index contributed by atoms with van der Waals surface area (Å²) in [5.41, 5.74) is 6.08. The van der Waals surface area contributed by atoms with Gasteiger partial charge in [-0.1, -0.05) is 26.0 Å². The van der Waals surface area contributed by atoms with Crippen LogP contribution in [0.2, 0.25) is 0 Å². The fourth-order valence-electron chi connectivity index (χ4n) is 2.99. The summed E-state index contributed by atoms with van der Waals surface area (Å²) in [7, 11) is 0. The van der Waals surface area contributed by atoms with Gasteiger partial charge >= 0.3 is 0 Å². The molecule has 1 nitrogen and oxygen atoms in total. The number of nitrogens with one attached hydrogen (secondary N) is 1. The minimum Gasteiger partial charge on any atom is -0.310 e. The lowest BCUT2D eigenvalue weighted by Gasteiger charge is -2.15. The molecule has 0 radical (unpaired) electrons. The molecule has 0 saturated heterocycles. The van der Waals surface area contributed by atoms with Crippen molar-refractivity contribution in [1.29, 1.82) is 0 Å². The Morgan fingerprint density at radius 3 is 2.40 bits per heavy atom. The van der Waals surface area contributed by atoms with E-state index < -0.39 is 0 Å².